The number of fused-ring (bicyclic) bond motifs is 5. The predicted molar refractivity (Wildman–Crippen MR) is 54.7 cm³/mol. The molecule has 3 aliphatic carbocycles. The standard InChI is InChI=1S/C12H16O4/c13-11(14)9-7-4-8(10(9)12(15)16)6-3-1-2-5(6)7/h5-10H,1-4H2,(H,13,14)(H,15,16)/t5-,6?,7-,8?,9?,10?/m0/s1. The highest BCUT2D eigenvalue weighted by molar-refractivity contribution is 5.81. The van der Waals surface area contributed by atoms with Crippen molar-refractivity contribution < 1.29 is 19.8 Å². The highest BCUT2D eigenvalue weighted by Gasteiger charge is 2.63. The highest BCUT2D eigenvalue weighted by Crippen LogP contribution is 2.63. The molecule has 0 spiro atoms. The van der Waals surface area contributed by atoms with E-state index in [0.717, 1.165) is 25.7 Å². The lowest BCUT2D eigenvalue weighted by Gasteiger charge is -2.33. The molecule has 0 aromatic carbocycles. The average molecular weight is 224 g/mol. The minimum Gasteiger partial charge on any atom is -0.481 e. The highest BCUT2D eigenvalue weighted by atomic mass is 16.4. The maximum absolute atomic E-state index is 11.2. The number of aliphatic carboxylic acids is 2. The van der Waals surface area contributed by atoms with Gasteiger partial charge in [-0.15, -0.1) is 0 Å². The second kappa shape index (κ2) is 3.22. The Morgan fingerprint density at radius 1 is 0.812 bits per heavy atom. The molecule has 0 radical (unpaired) electrons. The zero-order valence-electron chi connectivity index (χ0n) is 9.00. The van der Waals surface area contributed by atoms with Crippen molar-refractivity contribution in [3.05, 3.63) is 0 Å². The SMILES string of the molecule is O=C(O)C1C2C[C@H](C1C(=O)O)[C@H]1CCCC21. The van der Waals surface area contributed by atoms with Crippen LogP contribution in [0.4, 0.5) is 0 Å². The molecule has 0 heterocycles. The summed E-state index contributed by atoms with van der Waals surface area (Å²) in [6, 6.07) is 0. The molecule has 6 atom stereocenters. The fourth-order valence-corrected chi connectivity index (χ4v) is 4.78. The molecule has 0 saturated heterocycles. The first-order valence-corrected chi connectivity index (χ1v) is 6.07. The molecule has 16 heavy (non-hydrogen) atoms. The van der Waals surface area contributed by atoms with Crippen LogP contribution in [0.15, 0.2) is 0 Å². The molecular formula is C12H16O4. The van der Waals surface area contributed by atoms with Gasteiger partial charge in [-0.05, 0) is 42.9 Å². The Kier molecular flexibility index (Phi) is 2.03. The molecule has 2 N–H and O–H groups in total. The molecule has 4 unspecified atom stereocenters. The van der Waals surface area contributed by atoms with Gasteiger partial charge >= 0.3 is 11.9 Å². The predicted octanol–water partition coefficient (Wildman–Crippen LogP) is 1.45. The van der Waals surface area contributed by atoms with E-state index in [1.54, 1.807) is 0 Å². The molecule has 3 fully saturated rings. The second-order valence-electron chi connectivity index (χ2n) is 5.55. The molecule has 3 saturated carbocycles. The van der Waals surface area contributed by atoms with Gasteiger partial charge in [0, 0.05) is 0 Å². The zero-order valence-corrected chi connectivity index (χ0v) is 9.00. The number of carboxylic acid groups (broad SMARTS) is 2. The Morgan fingerprint density at radius 2 is 1.25 bits per heavy atom. The minimum absolute atomic E-state index is 0.135. The average Bonchev–Trinajstić information content (AvgIpc) is 2.87. The van der Waals surface area contributed by atoms with Gasteiger partial charge in [0.15, 0.2) is 0 Å². The summed E-state index contributed by atoms with van der Waals surface area (Å²) in [5, 5.41) is 18.4. The monoisotopic (exact) mass is 224 g/mol. The summed E-state index contributed by atoms with van der Waals surface area (Å²) in [5.41, 5.74) is 0. The van der Waals surface area contributed by atoms with Crippen LogP contribution in [0.2, 0.25) is 0 Å². The fourth-order valence-electron chi connectivity index (χ4n) is 4.78. The summed E-state index contributed by atoms with van der Waals surface area (Å²) in [5.74, 6) is -1.77. The van der Waals surface area contributed by atoms with Crippen LogP contribution < -0.4 is 0 Å². The number of rotatable bonds is 2. The molecule has 2 bridgehead atoms. The Labute approximate surface area is 93.6 Å². The first-order valence-electron chi connectivity index (χ1n) is 6.07. The molecule has 0 aromatic heterocycles. The zero-order chi connectivity index (χ0) is 11.4. The van der Waals surface area contributed by atoms with Gasteiger partial charge in [0.2, 0.25) is 0 Å². The van der Waals surface area contributed by atoms with Crippen LogP contribution in [0.25, 0.3) is 0 Å². The molecule has 3 aliphatic rings. The van der Waals surface area contributed by atoms with Crippen molar-refractivity contribution >= 4 is 11.9 Å². The van der Waals surface area contributed by atoms with E-state index in [2.05, 4.69) is 0 Å². The van der Waals surface area contributed by atoms with Crippen molar-refractivity contribution in [1.82, 2.24) is 0 Å². The van der Waals surface area contributed by atoms with Crippen LogP contribution in [0, 0.1) is 35.5 Å². The lowest BCUT2D eigenvalue weighted by molar-refractivity contribution is -0.158. The van der Waals surface area contributed by atoms with Crippen LogP contribution in [0.1, 0.15) is 25.7 Å². The van der Waals surface area contributed by atoms with Crippen molar-refractivity contribution in [2.75, 3.05) is 0 Å². The van der Waals surface area contributed by atoms with Crippen LogP contribution in [0.5, 0.6) is 0 Å². The van der Waals surface area contributed by atoms with Gasteiger partial charge in [-0.25, -0.2) is 0 Å². The van der Waals surface area contributed by atoms with Crippen molar-refractivity contribution in [2.45, 2.75) is 25.7 Å². The molecule has 0 aliphatic heterocycles. The second-order valence-corrected chi connectivity index (χ2v) is 5.55. The lowest BCUT2D eigenvalue weighted by Crippen LogP contribution is -2.40. The normalized spacial score (nSPS) is 49.2. The van der Waals surface area contributed by atoms with Crippen LogP contribution in [0.3, 0.4) is 0 Å². The molecule has 0 aromatic rings. The van der Waals surface area contributed by atoms with Gasteiger partial charge in [0.05, 0.1) is 11.8 Å². The summed E-state index contributed by atoms with van der Waals surface area (Å²) in [6.45, 7) is 0. The quantitative estimate of drug-likeness (QED) is 0.744. The molecule has 4 nitrogen and oxygen atoms in total. The maximum atomic E-state index is 11.2. The Hall–Kier alpha value is -1.06. The Morgan fingerprint density at radius 3 is 1.62 bits per heavy atom. The third-order valence-corrected chi connectivity index (χ3v) is 5.15. The van der Waals surface area contributed by atoms with Gasteiger partial charge in [-0.2, -0.15) is 0 Å². The van der Waals surface area contributed by atoms with Gasteiger partial charge in [-0.3, -0.25) is 9.59 Å². The summed E-state index contributed by atoms with van der Waals surface area (Å²) < 4.78 is 0. The summed E-state index contributed by atoms with van der Waals surface area (Å²) in [6.07, 6.45) is 4.22. The first-order chi connectivity index (χ1) is 7.61. The van der Waals surface area contributed by atoms with Crippen molar-refractivity contribution in [1.29, 1.82) is 0 Å². The van der Waals surface area contributed by atoms with Gasteiger partial charge in [0.1, 0.15) is 0 Å². The molecule has 4 heteroatoms. The van der Waals surface area contributed by atoms with E-state index in [1.165, 1.54) is 0 Å². The molecule has 3 rings (SSSR count). The van der Waals surface area contributed by atoms with E-state index in [0.29, 0.717) is 11.8 Å². The van der Waals surface area contributed by atoms with E-state index in [4.69, 9.17) is 0 Å². The number of hydrogen-bond donors (Lipinski definition) is 2. The number of hydrogen-bond acceptors (Lipinski definition) is 2. The van der Waals surface area contributed by atoms with E-state index in [9.17, 15) is 19.8 Å². The van der Waals surface area contributed by atoms with Crippen LogP contribution >= 0.6 is 0 Å². The Bertz CT molecular complexity index is 319. The van der Waals surface area contributed by atoms with Gasteiger partial charge < -0.3 is 10.2 Å². The minimum atomic E-state index is -0.898. The third kappa shape index (κ3) is 1.10. The number of carbonyl (C=O) groups is 2. The largest absolute Gasteiger partial charge is 0.481 e. The maximum Gasteiger partial charge on any atom is 0.307 e. The van der Waals surface area contributed by atoms with Crippen molar-refractivity contribution in [3.8, 4) is 0 Å². The topological polar surface area (TPSA) is 74.6 Å². The van der Waals surface area contributed by atoms with Crippen LogP contribution in [-0.4, -0.2) is 22.2 Å². The summed E-state index contributed by atoms with van der Waals surface area (Å²) in [4.78, 5) is 22.5. The Balaban J connectivity index is 1.95. The smallest absolute Gasteiger partial charge is 0.307 e. The summed E-state index contributed by atoms with van der Waals surface area (Å²) in [7, 11) is 0. The van der Waals surface area contributed by atoms with E-state index in [1.807, 2.05) is 0 Å². The van der Waals surface area contributed by atoms with Crippen LogP contribution in [-0.2, 0) is 9.59 Å². The van der Waals surface area contributed by atoms with Crippen molar-refractivity contribution in [2.24, 2.45) is 35.5 Å². The van der Waals surface area contributed by atoms with Gasteiger partial charge in [-0.1, -0.05) is 6.42 Å². The fraction of sp³-hybridized carbons (Fsp3) is 0.833. The molecule has 88 valence electrons. The number of carboxylic acids is 2. The third-order valence-electron chi connectivity index (χ3n) is 5.15. The van der Waals surface area contributed by atoms with E-state index in [-0.39, 0.29) is 11.8 Å². The molecular weight excluding hydrogens is 208 g/mol. The van der Waals surface area contributed by atoms with E-state index < -0.39 is 23.8 Å². The van der Waals surface area contributed by atoms with Gasteiger partial charge in [0.25, 0.3) is 0 Å². The summed E-state index contributed by atoms with van der Waals surface area (Å²) >= 11 is 0. The van der Waals surface area contributed by atoms with E-state index >= 15 is 0 Å². The molecule has 0 amide bonds. The lowest BCUT2D eigenvalue weighted by atomic mass is 9.69. The van der Waals surface area contributed by atoms with Crippen molar-refractivity contribution in [3.63, 3.8) is 0 Å². The first kappa shape index (κ1) is 10.1.